The molecule has 176 valence electrons. The highest BCUT2D eigenvalue weighted by atomic mass is 16.5. The van der Waals surface area contributed by atoms with Gasteiger partial charge in [-0.25, -0.2) is 4.79 Å². The van der Waals surface area contributed by atoms with Gasteiger partial charge in [0.05, 0.1) is 13.2 Å². The molecule has 4 rings (SSSR count). The lowest BCUT2D eigenvalue weighted by Crippen LogP contribution is -2.53. The van der Waals surface area contributed by atoms with Gasteiger partial charge in [-0.1, -0.05) is 24.3 Å². The summed E-state index contributed by atoms with van der Waals surface area (Å²) < 4.78 is 11.5. The van der Waals surface area contributed by atoms with E-state index in [0.29, 0.717) is 44.0 Å². The fraction of sp³-hybridized carbons (Fsp3) is 0.462. The first-order valence-electron chi connectivity index (χ1n) is 11.8. The van der Waals surface area contributed by atoms with Crippen LogP contribution in [0.3, 0.4) is 0 Å². The maximum atomic E-state index is 12.9. The number of carbonyl (C=O) groups excluding carboxylic acids is 2. The number of hydrogen-bond acceptors (Lipinski definition) is 4. The van der Waals surface area contributed by atoms with Crippen LogP contribution in [0.1, 0.15) is 47.2 Å². The van der Waals surface area contributed by atoms with Gasteiger partial charge >= 0.3 is 6.03 Å². The Morgan fingerprint density at radius 1 is 0.970 bits per heavy atom. The van der Waals surface area contributed by atoms with Crippen LogP contribution in [0, 0.1) is 6.92 Å². The molecule has 2 aliphatic rings. The van der Waals surface area contributed by atoms with Gasteiger partial charge < -0.3 is 24.6 Å². The molecular weight excluding hydrogens is 418 g/mol. The van der Waals surface area contributed by atoms with E-state index in [1.807, 2.05) is 43.3 Å². The van der Waals surface area contributed by atoms with Crippen molar-refractivity contribution in [1.82, 2.24) is 15.1 Å². The maximum absolute atomic E-state index is 12.9. The smallest absolute Gasteiger partial charge is 0.317 e. The minimum absolute atomic E-state index is 0.0358. The standard InChI is InChI=1S/C26H33N3O4/c1-19-11-12-20(17-24(19)32-2)25(30)28-13-15-29(16-14-28)26(31)27-18-21-7-3-6-10-23(21)33-22-8-4-5-9-22/h3,6-7,10-12,17,22H,4-5,8-9,13-16,18H2,1-2H3,(H,27,31). The third-order valence-corrected chi connectivity index (χ3v) is 6.51. The number of aryl methyl sites for hydroxylation is 1. The number of amides is 3. The lowest BCUT2D eigenvalue weighted by Gasteiger charge is -2.35. The lowest BCUT2D eigenvalue weighted by molar-refractivity contribution is 0.0664. The third-order valence-electron chi connectivity index (χ3n) is 6.51. The van der Waals surface area contributed by atoms with Crippen molar-refractivity contribution in [2.75, 3.05) is 33.3 Å². The summed E-state index contributed by atoms with van der Waals surface area (Å²) in [4.78, 5) is 29.2. The number of nitrogens with zero attached hydrogens (tertiary/aromatic N) is 2. The Kier molecular flexibility index (Phi) is 7.37. The monoisotopic (exact) mass is 451 g/mol. The zero-order valence-electron chi connectivity index (χ0n) is 19.5. The van der Waals surface area contributed by atoms with E-state index in [0.717, 1.165) is 29.7 Å². The average molecular weight is 452 g/mol. The average Bonchev–Trinajstić information content (AvgIpc) is 3.36. The van der Waals surface area contributed by atoms with Gasteiger partial charge in [0, 0.05) is 43.9 Å². The second-order valence-corrected chi connectivity index (χ2v) is 8.75. The van der Waals surface area contributed by atoms with Crippen LogP contribution in [0.5, 0.6) is 11.5 Å². The zero-order chi connectivity index (χ0) is 23.2. The Labute approximate surface area is 195 Å². The number of methoxy groups -OCH3 is 1. The summed E-state index contributed by atoms with van der Waals surface area (Å²) in [6.07, 6.45) is 4.91. The lowest BCUT2D eigenvalue weighted by atomic mass is 10.1. The normalized spacial score (nSPS) is 16.5. The van der Waals surface area contributed by atoms with Crippen LogP contribution in [0.2, 0.25) is 0 Å². The van der Waals surface area contributed by atoms with E-state index in [2.05, 4.69) is 5.32 Å². The minimum atomic E-state index is -0.116. The van der Waals surface area contributed by atoms with Crippen LogP contribution in [0.15, 0.2) is 42.5 Å². The van der Waals surface area contributed by atoms with E-state index < -0.39 is 0 Å². The zero-order valence-corrected chi connectivity index (χ0v) is 19.5. The molecule has 3 amide bonds. The van der Waals surface area contributed by atoms with Crippen LogP contribution in [0.4, 0.5) is 4.79 Å². The van der Waals surface area contributed by atoms with Crippen molar-refractivity contribution in [3.63, 3.8) is 0 Å². The van der Waals surface area contributed by atoms with E-state index in [-0.39, 0.29) is 18.0 Å². The highest BCUT2D eigenvalue weighted by Gasteiger charge is 2.25. The predicted molar refractivity (Wildman–Crippen MR) is 127 cm³/mol. The molecule has 7 nitrogen and oxygen atoms in total. The molecule has 2 aromatic rings. The molecule has 1 heterocycles. The summed E-state index contributed by atoms with van der Waals surface area (Å²) in [5.41, 5.74) is 2.58. The Morgan fingerprint density at radius 3 is 2.39 bits per heavy atom. The highest BCUT2D eigenvalue weighted by molar-refractivity contribution is 5.95. The number of urea groups is 1. The fourth-order valence-corrected chi connectivity index (χ4v) is 4.48. The van der Waals surface area contributed by atoms with E-state index in [1.54, 1.807) is 23.0 Å². The number of benzene rings is 2. The third kappa shape index (κ3) is 5.59. The summed E-state index contributed by atoms with van der Waals surface area (Å²) in [5.74, 6) is 1.52. The maximum Gasteiger partial charge on any atom is 0.317 e. The first-order chi connectivity index (χ1) is 16.0. The summed E-state index contributed by atoms with van der Waals surface area (Å²) in [6, 6.07) is 13.3. The molecular formula is C26H33N3O4. The summed E-state index contributed by atoms with van der Waals surface area (Å²) >= 11 is 0. The van der Waals surface area contributed by atoms with Crippen molar-refractivity contribution in [3.8, 4) is 11.5 Å². The molecule has 1 saturated carbocycles. The molecule has 0 aromatic heterocycles. The van der Waals surface area contributed by atoms with Gasteiger partial charge in [-0.2, -0.15) is 0 Å². The summed E-state index contributed by atoms with van der Waals surface area (Å²) in [5, 5.41) is 3.02. The van der Waals surface area contributed by atoms with Crippen molar-refractivity contribution in [2.45, 2.75) is 45.3 Å². The van der Waals surface area contributed by atoms with Gasteiger partial charge in [0.25, 0.3) is 5.91 Å². The number of nitrogens with one attached hydrogen (secondary N) is 1. The SMILES string of the molecule is COc1cc(C(=O)N2CCN(C(=O)NCc3ccccc3OC3CCCC3)CC2)ccc1C. The molecule has 0 spiro atoms. The van der Waals surface area contributed by atoms with E-state index >= 15 is 0 Å². The van der Waals surface area contributed by atoms with Gasteiger partial charge in [-0.15, -0.1) is 0 Å². The van der Waals surface area contributed by atoms with Gasteiger partial charge in [0.1, 0.15) is 11.5 Å². The van der Waals surface area contributed by atoms with Crippen molar-refractivity contribution >= 4 is 11.9 Å². The van der Waals surface area contributed by atoms with Gasteiger partial charge in [-0.3, -0.25) is 4.79 Å². The molecule has 2 fully saturated rings. The van der Waals surface area contributed by atoms with Crippen LogP contribution in [-0.2, 0) is 6.54 Å². The highest BCUT2D eigenvalue weighted by Crippen LogP contribution is 2.26. The largest absolute Gasteiger partial charge is 0.496 e. The number of ether oxygens (including phenoxy) is 2. The molecule has 1 aliphatic heterocycles. The Bertz CT molecular complexity index is 979. The van der Waals surface area contributed by atoms with Crippen LogP contribution >= 0.6 is 0 Å². The van der Waals surface area contributed by atoms with E-state index in [1.165, 1.54) is 12.8 Å². The predicted octanol–water partition coefficient (Wildman–Crippen LogP) is 3.99. The minimum Gasteiger partial charge on any atom is -0.496 e. The number of para-hydroxylation sites is 1. The molecule has 7 heteroatoms. The van der Waals surface area contributed by atoms with Crippen molar-refractivity contribution in [1.29, 1.82) is 0 Å². The summed E-state index contributed by atoms with van der Waals surface area (Å²) in [6.45, 7) is 4.38. The molecule has 1 aliphatic carbocycles. The number of hydrogen-bond donors (Lipinski definition) is 1. The van der Waals surface area contributed by atoms with E-state index in [4.69, 9.17) is 9.47 Å². The molecule has 0 bridgehead atoms. The summed E-state index contributed by atoms with van der Waals surface area (Å²) in [7, 11) is 1.60. The number of rotatable bonds is 6. The molecule has 0 radical (unpaired) electrons. The van der Waals surface area contributed by atoms with E-state index in [9.17, 15) is 9.59 Å². The molecule has 2 aromatic carbocycles. The van der Waals surface area contributed by atoms with Gasteiger partial charge in [-0.05, 0) is 56.4 Å². The molecule has 0 unspecified atom stereocenters. The topological polar surface area (TPSA) is 71.1 Å². The van der Waals surface area contributed by atoms with Crippen LogP contribution in [-0.4, -0.2) is 61.1 Å². The number of piperazine rings is 1. The van der Waals surface area contributed by atoms with Crippen molar-refractivity contribution in [3.05, 3.63) is 59.2 Å². The van der Waals surface area contributed by atoms with Crippen molar-refractivity contribution in [2.24, 2.45) is 0 Å². The second kappa shape index (κ2) is 10.6. The number of carbonyl (C=O) groups is 2. The van der Waals surface area contributed by atoms with Crippen LogP contribution < -0.4 is 14.8 Å². The van der Waals surface area contributed by atoms with Gasteiger partial charge in [0.2, 0.25) is 0 Å². The Balaban J connectivity index is 1.28. The molecule has 33 heavy (non-hydrogen) atoms. The van der Waals surface area contributed by atoms with Gasteiger partial charge in [0.15, 0.2) is 0 Å². The fourth-order valence-electron chi connectivity index (χ4n) is 4.48. The Morgan fingerprint density at radius 2 is 1.67 bits per heavy atom. The molecule has 1 saturated heterocycles. The van der Waals surface area contributed by atoms with Crippen molar-refractivity contribution < 1.29 is 19.1 Å². The molecule has 0 atom stereocenters. The first kappa shape index (κ1) is 23.0. The van der Waals surface area contributed by atoms with Crippen LogP contribution in [0.25, 0.3) is 0 Å². The first-order valence-corrected chi connectivity index (χ1v) is 11.8. The molecule has 1 N–H and O–H groups in total. The second-order valence-electron chi connectivity index (χ2n) is 8.75. The Hall–Kier alpha value is -3.22. The quantitative estimate of drug-likeness (QED) is 0.721.